The number of aromatic nitrogens is 12. The third-order valence-corrected chi connectivity index (χ3v) is 28.2. The molecule has 12 nitrogen and oxygen atoms in total. The Morgan fingerprint density at radius 2 is 0.412 bits per heavy atom. The maximum Gasteiger partial charge on any atom is 0.123 e. The Labute approximate surface area is 784 Å². The lowest BCUT2D eigenvalue weighted by atomic mass is 9.90. The molecule has 0 amide bonds. The first-order valence-electron chi connectivity index (χ1n) is 50.0. The molecule has 0 aliphatic rings. The molecule has 0 aliphatic carbocycles. The molecule has 0 unspecified atom stereocenters. The largest absolute Gasteiger partial charge is 0.308 e. The van der Waals surface area contributed by atoms with Gasteiger partial charge < -0.3 is 27.4 Å². The van der Waals surface area contributed by atoms with Gasteiger partial charge in [-0.25, -0.2) is 8.78 Å². The van der Waals surface area contributed by atoms with Gasteiger partial charge >= 0.3 is 0 Å². The average molecular weight is 1750 g/mol. The van der Waals surface area contributed by atoms with Gasteiger partial charge in [-0.15, -0.1) is 0 Å². The van der Waals surface area contributed by atoms with Crippen LogP contribution in [0.3, 0.4) is 0 Å². The minimum Gasteiger partial charge on any atom is -0.308 e. The number of benzene rings is 20. The van der Waals surface area contributed by atoms with Crippen molar-refractivity contribution in [1.29, 1.82) is 0 Å². The highest BCUT2D eigenvalue weighted by Gasteiger charge is 2.30. The van der Waals surface area contributed by atoms with Gasteiger partial charge in [0, 0.05) is 103 Å². The van der Waals surface area contributed by atoms with E-state index < -0.39 is 36.3 Å². The first-order valence-corrected chi connectivity index (χ1v) is 45.0. The smallest absolute Gasteiger partial charge is 0.123 e. The fourth-order valence-electron chi connectivity index (χ4n) is 23.0. The van der Waals surface area contributed by atoms with Crippen LogP contribution in [-0.4, -0.2) is 57.3 Å². The van der Waals surface area contributed by atoms with Gasteiger partial charge in [0.15, 0.2) is 0 Å². The Bertz CT molecular complexity index is 10700. The number of halogens is 2. The fraction of sp³-hybridized carbons (Fsp3) is 0. The van der Waals surface area contributed by atoms with Crippen molar-refractivity contribution in [2.45, 2.75) is 0 Å². The molecular formula is C122H68F2N12. The lowest BCUT2D eigenvalue weighted by Crippen LogP contribution is -1.96. The van der Waals surface area contributed by atoms with E-state index in [0.717, 1.165) is 153 Å². The molecule has 0 spiro atoms. The van der Waals surface area contributed by atoms with E-state index in [1.165, 1.54) is 111 Å². The highest BCUT2D eigenvalue weighted by molar-refractivity contribution is 6.41. The molecule has 0 aliphatic heterocycles. The third kappa shape index (κ3) is 10.3. The summed E-state index contributed by atoms with van der Waals surface area (Å²) in [4.78, 5) is 29.3. The van der Waals surface area contributed by atoms with Gasteiger partial charge in [0.1, 0.15) is 11.6 Å². The first kappa shape index (κ1) is 65.2. The standard InChI is InChI=1S/C46H26N4.C38H20F2N4.C38H22N4/c1-3-13-31-27(9-1)11-5-15-35(31)49-37-17-7-23-47-45(37)43-33-21-20-30-26-40-44(34-22-19-29(25-39(43)49)41(33)42(30)34)46-38(18-8-24-48-46)50(40)36-16-6-12-28-10-2-4-14-32(28)36;39-23-7-11-25(12-8-23)43-29-3-1-17-41-37(29)35-27-15-5-22-20-32-36(28-16-6-21(19-31(35)43)33(27)34(22)28)38-30(4-2-18-42-38)44(32)26-13-9-24(40)10-14-26;1-3-9-25(10-4-1)41-29-13-7-19-39-37(29)35-27-17-16-24-22-32-36(28-18-15-23(21-31(35)41)33(27)34(24)28)38-30(14-8-20-40-38)42(32)26-11-5-2-6-12-26/h1-26H;1-20H;1-22H/i;;1D,2D,3D,4D,5D,6D,9D,10D,11D,12D. The minimum atomic E-state index is -0.464. The summed E-state index contributed by atoms with van der Waals surface area (Å²) in [7, 11) is 0. The van der Waals surface area contributed by atoms with Gasteiger partial charge in [-0.2, -0.15) is 0 Å². The van der Waals surface area contributed by atoms with Crippen LogP contribution in [0.25, 0.3) is 284 Å². The Kier molecular flexibility index (Phi) is 13.5. The van der Waals surface area contributed by atoms with E-state index in [4.69, 9.17) is 43.6 Å². The third-order valence-electron chi connectivity index (χ3n) is 28.2. The number of hydrogen-bond donors (Lipinski definition) is 0. The Morgan fingerprint density at radius 1 is 0.176 bits per heavy atom. The highest BCUT2D eigenvalue weighted by atomic mass is 19.1. The molecule has 12 aromatic heterocycles. The van der Waals surface area contributed by atoms with E-state index in [1.807, 2.05) is 122 Å². The lowest BCUT2D eigenvalue weighted by Gasteiger charge is -2.16. The summed E-state index contributed by atoms with van der Waals surface area (Å²) in [6.07, 6.45) is 10.8. The van der Waals surface area contributed by atoms with Gasteiger partial charge in [0.2, 0.25) is 0 Å². The molecule has 0 radical (unpaired) electrons. The van der Waals surface area contributed by atoms with Gasteiger partial charge in [-0.05, 0) is 302 Å². The second-order valence-corrected chi connectivity index (χ2v) is 35.0. The summed E-state index contributed by atoms with van der Waals surface area (Å²) in [5.41, 5.74) is 20.3. The van der Waals surface area contributed by atoms with Gasteiger partial charge in [-0.3, -0.25) is 29.9 Å². The summed E-state index contributed by atoms with van der Waals surface area (Å²) < 4.78 is 126. The van der Waals surface area contributed by atoms with Crippen molar-refractivity contribution < 1.29 is 22.5 Å². The van der Waals surface area contributed by atoms with Crippen molar-refractivity contribution in [2.75, 3.05) is 0 Å². The van der Waals surface area contributed by atoms with Crippen LogP contribution in [-0.2, 0) is 0 Å². The highest BCUT2D eigenvalue weighted by Crippen LogP contribution is 2.52. The quantitative estimate of drug-likeness (QED) is 0.154. The lowest BCUT2D eigenvalue weighted by molar-refractivity contribution is 0.627. The van der Waals surface area contributed by atoms with E-state index in [9.17, 15) is 8.78 Å². The summed E-state index contributed by atoms with van der Waals surface area (Å²) in [5.74, 6) is -0.534. The minimum absolute atomic E-state index is 0.0417. The zero-order valence-corrected chi connectivity index (χ0v) is 71.6. The van der Waals surface area contributed by atoms with Crippen LogP contribution in [0.1, 0.15) is 13.7 Å². The van der Waals surface area contributed by atoms with E-state index in [-0.39, 0.29) is 47.2 Å². The summed E-state index contributed by atoms with van der Waals surface area (Å²) in [5, 5.41) is 30.5. The summed E-state index contributed by atoms with van der Waals surface area (Å²) >= 11 is 0. The van der Waals surface area contributed by atoms with Crippen LogP contribution in [0.15, 0.2) is 413 Å². The van der Waals surface area contributed by atoms with Crippen LogP contribution in [0, 0.1) is 11.6 Å². The second-order valence-electron chi connectivity index (χ2n) is 35.0. The molecule has 12 heterocycles. The Morgan fingerprint density at radius 3 is 0.684 bits per heavy atom. The van der Waals surface area contributed by atoms with Gasteiger partial charge in [0.25, 0.3) is 0 Å². The van der Waals surface area contributed by atoms with Crippen molar-refractivity contribution in [1.82, 2.24) is 57.3 Å². The molecule has 0 saturated heterocycles. The molecule has 32 aromatic rings. The molecule has 0 bridgehead atoms. The molecule has 630 valence electrons. The molecule has 0 saturated carbocycles. The van der Waals surface area contributed by atoms with Gasteiger partial charge in [0.05, 0.1) is 124 Å². The number of fused-ring (bicyclic) bond motifs is 26. The topological polar surface area (TPSA) is 107 Å². The maximum atomic E-state index is 13.9. The van der Waals surface area contributed by atoms with E-state index in [0.29, 0.717) is 33.1 Å². The van der Waals surface area contributed by atoms with Crippen LogP contribution in [0.2, 0.25) is 0 Å². The molecule has 0 atom stereocenters. The maximum absolute atomic E-state index is 13.9. The molecule has 136 heavy (non-hydrogen) atoms. The van der Waals surface area contributed by atoms with E-state index in [2.05, 4.69) is 200 Å². The van der Waals surface area contributed by atoms with Crippen LogP contribution in [0.4, 0.5) is 8.78 Å². The van der Waals surface area contributed by atoms with Crippen molar-refractivity contribution in [3.63, 3.8) is 0 Å². The predicted octanol–water partition coefficient (Wildman–Crippen LogP) is 31.3. The number of pyridine rings is 6. The number of rotatable bonds is 6. The molecule has 0 N–H and O–H groups in total. The molecule has 20 aromatic carbocycles. The van der Waals surface area contributed by atoms with Crippen molar-refractivity contribution in [3.8, 4) is 34.1 Å². The molecule has 14 heteroatoms. The van der Waals surface area contributed by atoms with Gasteiger partial charge in [-0.1, -0.05) is 182 Å². The Hall–Kier alpha value is -18.4. The van der Waals surface area contributed by atoms with Crippen molar-refractivity contribution >= 4 is 250 Å². The first-order chi connectivity index (χ1) is 71.5. The molecule has 0 fully saturated rings. The number of para-hydroxylation sites is 2. The molecular weight excluding hydrogens is 1670 g/mol. The zero-order valence-electron chi connectivity index (χ0n) is 81.6. The molecule has 32 rings (SSSR count). The van der Waals surface area contributed by atoms with Crippen LogP contribution >= 0.6 is 0 Å². The van der Waals surface area contributed by atoms with Crippen molar-refractivity contribution in [2.24, 2.45) is 0 Å². The normalized spacial score (nSPS) is 13.4. The second kappa shape index (κ2) is 28.1. The predicted molar refractivity (Wildman–Crippen MR) is 558 cm³/mol. The monoisotopic (exact) mass is 1750 g/mol. The average Bonchev–Trinajstić information content (AvgIpc) is 1.53. The van der Waals surface area contributed by atoms with Crippen molar-refractivity contribution in [3.05, 3.63) is 425 Å². The fourth-order valence-corrected chi connectivity index (χ4v) is 23.0. The Balaban J connectivity index is 0.000000102. The van der Waals surface area contributed by atoms with Crippen LogP contribution < -0.4 is 0 Å². The van der Waals surface area contributed by atoms with Crippen LogP contribution in [0.5, 0.6) is 0 Å². The summed E-state index contributed by atoms with van der Waals surface area (Å²) in [6.45, 7) is 0. The van der Waals surface area contributed by atoms with E-state index >= 15 is 0 Å². The number of hydrogen-bond acceptors (Lipinski definition) is 6. The van der Waals surface area contributed by atoms with E-state index in [1.54, 1.807) is 33.7 Å². The zero-order chi connectivity index (χ0) is 97.7. The summed E-state index contributed by atoms with van der Waals surface area (Å²) in [6, 6.07) is 103. The SMILES string of the molecule is Fc1ccc(-n2c3cccnc3c3c4ccc5cc6c(c7ccc(cc32)c4c57)c2ncccc2n6-c2ccc(F)cc2)cc1.[2H]c1c([2H])c([2H])c(-n2c3cccnc3c3c4ccc5cc6c(c7ccc(cc32)c4c57)c2ncccc2n6-c2c([2H])c([2H])c([2H])c([2H])c2[2H])c([2H])c1[2H].c1ccc2c(-n3c4cccnc4c4c5ccc6cc7c(c8ccc(cc43)c5c68)c3ncccc3n7-c3cccc4ccccc34)cccc2c1. The number of nitrogens with zero attached hydrogens (tertiary/aromatic N) is 12.